The van der Waals surface area contributed by atoms with E-state index < -0.39 is 6.16 Å². The van der Waals surface area contributed by atoms with Gasteiger partial charge in [-0.3, -0.25) is 0 Å². The second-order valence-corrected chi connectivity index (χ2v) is 1.30. The van der Waals surface area contributed by atoms with Gasteiger partial charge in [-0.1, -0.05) is 6.58 Å². The zero-order valence-corrected chi connectivity index (χ0v) is 4.27. The van der Waals surface area contributed by atoms with Crippen molar-refractivity contribution in [3.63, 3.8) is 0 Å². The predicted octanol–water partition coefficient (Wildman–Crippen LogP) is 1.47. The van der Waals surface area contributed by atoms with Crippen molar-refractivity contribution in [2.45, 2.75) is 0 Å². The normalized spacial score (nSPS) is 7.43. The molecule has 0 amide bonds. The molecule has 0 aromatic carbocycles. The summed E-state index contributed by atoms with van der Waals surface area (Å²) in [6.45, 7) is 3.21. The smallest absolute Gasteiger partial charge is 0.449 e. The minimum atomic E-state index is -1.30. The molecule has 0 spiro atoms. The molecule has 0 saturated carbocycles. The van der Waals surface area contributed by atoms with Crippen molar-refractivity contribution >= 4 is 18.2 Å². The predicted molar refractivity (Wildman–Crippen MR) is 26.9 cm³/mol. The lowest BCUT2D eigenvalue weighted by atomic mass is 11.3. The van der Waals surface area contributed by atoms with Gasteiger partial charge in [0, 0.05) is 5.41 Å². The molecule has 0 radical (unpaired) electrons. The van der Waals surface area contributed by atoms with Crippen LogP contribution < -0.4 is 0 Å². The quantitative estimate of drug-likeness (QED) is 0.560. The van der Waals surface area contributed by atoms with E-state index in [1.165, 1.54) is 5.41 Å². The maximum Gasteiger partial charge on any atom is 0.518 e. The van der Waals surface area contributed by atoms with Crippen molar-refractivity contribution in [1.29, 1.82) is 0 Å². The van der Waals surface area contributed by atoms with Crippen molar-refractivity contribution in [3.8, 4) is 0 Å². The van der Waals surface area contributed by atoms with Crippen LogP contribution in [0.2, 0.25) is 0 Å². The summed E-state index contributed by atoms with van der Waals surface area (Å²) < 4.78 is 3.91. The Balaban J connectivity index is 2.97. The van der Waals surface area contributed by atoms with Crippen molar-refractivity contribution in [1.82, 2.24) is 0 Å². The molecule has 4 heteroatoms. The van der Waals surface area contributed by atoms with E-state index in [1.807, 2.05) is 0 Å². The second-order valence-electron chi connectivity index (χ2n) is 0.612. The second kappa shape index (κ2) is 3.55. The summed E-state index contributed by atoms with van der Waals surface area (Å²) in [6, 6.07) is 0. The summed E-state index contributed by atoms with van der Waals surface area (Å²) in [7, 11) is 0. The van der Waals surface area contributed by atoms with Crippen LogP contribution in [-0.2, 0) is 4.18 Å². The molecule has 0 aliphatic heterocycles. The highest BCUT2D eigenvalue weighted by Crippen LogP contribution is 2.00. The number of hydrogen-bond donors (Lipinski definition) is 1. The Kier molecular flexibility index (Phi) is 3.22. The molecule has 3 nitrogen and oxygen atoms in total. The van der Waals surface area contributed by atoms with Crippen LogP contribution in [0.5, 0.6) is 0 Å². The number of carbonyl (C=O) groups is 1. The van der Waals surface area contributed by atoms with Crippen molar-refractivity contribution in [2.24, 2.45) is 0 Å². The highest BCUT2D eigenvalue weighted by atomic mass is 32.2. The van der Waals surface area contributed by atoms with Gasteiger partial charge in [0.15, 0.2) is 0 Å². The molecule has 0 aromatic heterocycles. The van der Waals surface area contributed by atoms with E-state index in [-0.39, 0.29) is 0 Å². The zero-order valence-electron chi connectivity index (χ0n) is 3.46. The van der Waals surface area contributed by atoms with Crippen LogP contribution in [-0.4, -0.2) is 11.3 Å². The van der Waals surface area contributed by atoms with Gasteiger partial charge in [-0.2, -0.15) is 0 Å². The average Bonchev–Trinajstić information content (AvgIpc) is 1.61. The number of rotatable bonds is 2. The van der Waals surface area contributed by atoms with Crippen LogP contribution in [0, 0.1) is 0 Å². The van der Waals surface area contributed by atoms with E-state index in [0.29, 0.717) is 12.0 Å². The van der Waals surface area contributed by atoms with Gasteiger partial charge in [-0.25, -0.2) is 4.79 Å². The highest BCUT2D eigenvalue weighted by molar-refractivity contribution is 7.97. The van der Waals surface area contributed by atoms with Crippen molar-refractivity contribution in [2.75, 3.05) is 0 Å². The Hall–Kier alpha value is -0.640. The first-order chi connectivity index (χ1) is 3.27. The fraction of sp³-hybridized carbons (Fsp3) is 0. The lowest BCUT2D eigenvalue weighted by Crippen LogP contribution is -1.88. The molecule has 7 heavy (non-hydrogen) atoms. The monoisotopic (exact) mass is 120 g/mol. The molecular weight excluding hydrogens is 116 g/mol. The van der Waals surface area contributed by atoms with Crippen LogP contribution in [0.1, 0.15) is 0 Å². The fourth-order valence-electron chi connectivity index (χ4n) is 0.0752. The van der Waals surface area contributed by atoms with E-state index in [2.05, 4.69) is 10.8 Å². The van der Waals surface area contributed by atoms with Gasteiger partial charge in [0.1, 0.15) is 0 Å². The minimum absolute atomic E-state index is 0.681. The Bertz CT molecular complexity index is 80.2. The van der Waals surface area contributed by atoms with Crippen molar-refractivity contribution < 1.29 is 14.1 Å². The molecule has 1 N–H and O–H groups in total. The maximum absolute atomic E-state index is 9.47. The third kappa shape index (κ3) is 5.36. The molecule has 0 aromatic rings. The molecular formula is C3H4O3S. The van der Waals surface area contributed by atoms with Crippen LogP contribution in [0.25, 0.3) is 0 Å². The summed E-state index contributed by atoms with van der Waals surface area (Å²) >= 11 is 0.681. The topological polar surface area (TPSA) is 46.5 Å². The van der Waals surface area contributed by atoms with E-state index >= 15 is 0 Å². The summed E-state index contributed by atoms with van der Waals surface area (Å²) in [5.74, 6) is 0. The molecule has 0 aliphatic rings. The van der Waals surface area contributed by atoms with Gasteiger partial charge in [-0.05, 0) is 0 Å². The molecule has 0 atom stereocenters. The van der Waals surface area contributed by atoms with E-state index in [9.17, 15) is 4.79 Å². The van der Waals surface area contributed by atoms with Gasteiger partial charge >= 0.3 is 6.16 Å². The Morgan fingerprint density at radius 1 is 2.00 bits per heavy atom. The molecule has 0 fully saturated rings. The maximum atomic E-state index is 9.47. The van der Waals surface area contributed by atoms with Crippen molar-refractivity contribution in [3.05, 3.63) is 12.0 Å². The summed E-state index contributed by atoms with van der Waals surface area (Å²) in [5, 5.41) is 9.04. The standard InChI is InChI=1S/C3H4O3S/c1-2-7-6-3(4)5/h2H,1H2,(H,4,5). The van der Waals surface area contributed by atoms with E-state index in [0.717, 1.165) is 0 Å². The van der Waals surface area contributed by atoms with Gasteiger partial charge in [-0.15, -0.1) is 0 Å². The molecule has 0 aliphatic carbocycles. The van der Waals surface area contributed by atoms with Gasteiger partial charge in [0.2, 0.25) is 0 Å². The first-order valence-corrected chi connectivity index (χ1v) is 2.25. The van der Waals surface area contributed by atoms with E-state index in [4.69, 9.17) is 5.11 Å². The average molecular weight is 120 g/mol. The van der Waals surface area contributed by atoms with Gasteiger partial charge in [0.25, 0.3) is 0 Å². The molecule has 0 heterocycles. The third-order valence-electron chi connectivity index (χ3n) is 0.187. The Labute approximate surface area is 45.2 Å². The van der Waals surface area contributed by atoms with Gasteiger partial charge in [0.05, 0.1) is 12.0 Å². The first kappa shape index (κ1) is 6.36. The summed E-state index contributed by atoms with van der Waals surface area (Å²) in [4.78, 5) is 9.47. The van der Waals surface area contributed by atoms with Gasteiger partial charge < -0.3 is 9.29 Å². The van der Waals surface area contributed by atoms with E-state index in [1.54, 1.807) is 0 Å². The van der Waals surface area contributed by atoms with Crippen LogP contribution in [0.4, 0.5) is 4.79 Å². The van der Waals surface area contributed by atoms with Crippen LogP contribution >= 0.6 is 12.0 Å². The minimum Gasteiger partial charge on any atom is -0.449 e. The van der Waals surface area contributed by atoms with Crippen LogP contribution in [0.15, 0.2) is 12.0 Å². The summed E-state index contributed by atoms with van der Waals surface area (Å²) in [5.41, 5.74) is 0. The number of hydrogen-bond acceptors (Lipinski definition) is 3. The summed E-state index contributed by atoms with van der Waals surface area (Å²) in [6.07, 6.45) is -1.30. The largest absolute Gasteiger partial charge is 0.518 e. The fourth-order valence-corrected chi connectivity index (χ4v) is 0.226. The zero-order chi connectivity index (χ0) is 5.70. The Morgan fingerprint density at radius 2 is 2.57 bits per heavy atom. The highest BCUT2D eigenvalue weighted by Gasteiger charge is 1.90. The SMILES string of the molecule is C=CSOC(=O)O. The third-order valence-corrected chi connectivity index (χ3v) is 0.562. The molecule has 0 saturated heterocycles. The lowest BCUT2D eigenvalue weighted by molar-refractivity contribution is 0.153. The lowest BCUT2D eigenvalue weighted by Gasteiger charge is -1.85. The Morgan fingerprint density at radius 3 is 2.71 bits per heavy atom. The molecule has 40 valence electrons. The van der Waals surface area contributed by atoms with Crippen LogP contribution in [0.3, 0.4) is 0 Å². The number of carboxylic acid groups (broad SMARTS) is 1. The first-order valence-electron chi connectivity index (χ1n) is 1.44. The molecule has 0 rings (SSSR count). The molecule has 0 bridgehead atoms. The molecule has 0 unspecified atom stereocenters.